The standard InChI is InChI=1S/C7H8O8/c8-3(9)1-2(4(10)6(12)13)5(11)7(14)15/h2,4,10H,1H2,(H,8,9)(H,12,13)(H,14,15). The molecular weight excluding hydrogens is 212 g/mol. The van der Waals surface area contributed by atoms with Crippen molar-refractivity contribution >= 4 is 23.7 Å². The molecule has 8 heteroatoms. The van der Waals surface area contributed by atoms with Crippen molar-refractivity contribution in [3.05, 3.63) is 0 Å². The molecule has 0 amide bonds. The fraction of sp³-hybridized carbons (Fsp3) is 0.429. The minimum Gasteiger partial charge on any atom is -0.481 e. The van der Waals surface area contributed by atoms with E-state index >= 15 is 0 Å². The zero-order valence-corrected chi connectivity index (χ0v) is 7.28. The Bertz CT molecular complexity index is 306. The number of rotatable bonds is 6. The highest BCUT2D eigenvalue weighted by Crippen LogP contribution is 2.11. The molecule has 0 fully saturated rings. The highest BCUT2D eigenvalue weighted by atomic mass is 16.4. The van der Waals surface area contributed by atoms with E-state index in [2.05, 4.69) is 0 Å². The molecule has 0 heterocycles. The Morgan fingerprint density at radius 1 is 1.00 bits per heavy atom. The number of hydrogen-bond donors (Lipinski definition) is 4. The van der Waals surface area contributed by atoms with Crippen LogP contribution in [0.5, 0.6) is 0 Å². The van der Waals surface area contributed by atoms with Crippen LogP contribution in [0.25, 0.3) is 0 Å². The van der Waals surface area contributed by atoms with Crippen molar-refractivity contribution in [1.82, 2.24) is 0 Å². The van der Waals surface area contributed by atoms with Gasteiger partial charge in [0.25, 0.3) is 0 Å². The van der Waals surface area contributed by atoms with Gasteiger partial charge in [-0.2, -0.15) is 0 Å². The fourth-order valence-corrected chi connectivity index (χ4v) is 0.867. The Hall–Kier alpha value is -1.96. The third-order valence-electron chi connectivity index (χ3n) is 1.58. The molecule has 0 rings (SSSR count). The van der Waals surface area contributed by atoms with Crippen LogP contribution in [0.15, 0.2) is 0 Å². The maximum atomic E-state index is 10.8. The summed E-state index contributed by atoms with van der Waals surface area (Å²) in [6.07, 6.45) is -3.40. The Morgan fingerprint density at radius 2 is 1.47 bits per heavy atom. The molecule has 0 aliphatic heterocycles. The normalized spacial score (nSPS) is 13.9. The molecule has 0 aromatic rings. The van der Waals surface area contributed by atoms with Gasteiger partial charge in [-0.3, -0.25) is 9.59 Å². The van der Waals surface area contributed by atoms with E-state index in [1.165, 1.54) is 0 Å². The molecule has 15 heavy (non-hydrogen) atoms. The van der Waals surface area contributed by atoms with Gasteiger partial charge in [0.15, 0.2) is 6.10 Å². The van der Waals surface area contributed by atoms with Crippen LogP contribution in [0, 0.1) is 5.92 Å². The Kier molecular flexibility index (Phi) is 4.39. The second kappa shape index (κ2) is 5.05. The molecule has 2 unspecified atom stereocenters. The van der Waals surface area contributed by atoms with E-state index < -0.39 is 42.1 Å². The fourth-order valence-electron chi connectivity index (χ4n) is 0.867. The van der Waals surface area contributed by atoms with E-state index in [1.807, 2.05) is 0 Å². The van der Waals surface area contributed by atoms with Crippen LogP contribution in [-0.4, -0.2) is 50.2 Å². The molecule has 4 N–H and O–H groups in total. The lowest BCUT2D eigenvalue weighted by Gasteiger charge is -2.14. The van der Waals surface area contributed by atoms with Gasteiger partial charge in [-0.05, 0) is 0 Å². The lowest BCUT2D eigenvalue weighted by molar-refractivity contribution is -0.160. The zero-order chi connectivity index (χ0) is 12.2. The SMILES string of the molecule is O=C(O)CC(C(=O)C(=O)O)C(O)C(=O)O. The highest BCUT2D eigenvalue weighted by molar-refractivity contribution is 6.34. The highest BCUT2D eigenvalue weighted by Gasteiger charge is 2.37. The quantitative estimate of drug-likeness (QED) is 0.382. The maximum absolute atomic E-state index is 10.8. The number of Topliss-reactive ketones (excluding diaryl/α,β-unsaturated/α-hetero) is 1. The van der Waals surface area contributed by atoms with Crippen LogP contribution in [0.2, 0.25) is 0 Å². The van der Waals surface area contributed by atoms with E-state index in [1.54, 1.807) is 0 Å². The van der Waals surface area contributed by atoms with Gasteiger partial charge in [0.2, 0.25) is 5.78 Å². The van der Waals surface area contributed by atoms with Gasteiger partial charge in [-0.15, -0.1) is 0 Å². The number of aliphatic hydroxyl groups excluding tert-OH is 1. The summed E-state index contributed by atoms with van der Waals surface area (Å²) in [5.74, 6) is -9.04. The van der Waals surface area contributed by atoms with E-state index in [-0.39, 0.29) is 0 Å². The molecule has 0 aromatic heterocycles. The first kappa shape index (κ1) is 13.0. The number of carboxylic acids is 3. The number of aliphatic carboxylic acids is 3. The predicted octanol–water partition coefficient (Wildman–Crippen LogP) is -1.82. The van der Waals surface area contributed by atoms with Gasteiger partial charge in [0.1, 0.15) is 0 Å². The van der Waals surface area contributed by atoms with Gasteiger partial charge >= 0.3 is 17.9 Å². The molecule has 8 nitrogen and oxygen atoms in total. The number of carboxylic acid groups (broad SMARTS) is 3. The lowest BCUT2D eigenvalue weighted by atomic mass is 9.94. The first-order valence-electron chi connectivity index (χ1n) is 3.67. The van der Waals surface area contributed by atoms with Gasteiger partial charge in [0, 0.05) is 0 Å². The third kappa shape index (κ3) is 3.73. The Labute approximate surface area is 82.8 Å². The molecule has 0 spiro atoms. The van der Waals surface area contributed by atoms with E-state index in [4.69, 9.17) is 20.4 Å². The summed E-state index contributed by atoms with van der Waals surface area (Å²) >= 11 is 0. The molecule has 0 saturated heterocycles. The van der Waals surface area contributed by atoms with Crippen molar-refractivity contribution in [2.75, 3.05) is 0 Å². The molecule has 2 atom stereocenters. The second-order valence-corrected chi connectivity index (χ2v) is 2.66. The molecule has 0 aliphatic rings. The van der Waals surface area contributed by atoms with Crippen molar-refractivity contribution in [2.45, 2.75) is 12.5 Å². The summed E-state index contributed by atoms with van der Waals surface area (Å²) < 4.78 is 0. The van der Waals surface area contributed by atoms with Crippen molar-refractivity contribution in [1.29, 1.82) is 0 Å². The number of hydrogen-bond acceptors (Lipinski definition) is 5. The smallest absolute Gasteiger partial charge is 0.372 e. The molecule has 84 valence electrons. The van der Waals surface area contributed by atoms with Gasteiger partial charge in [-0.1, -0.05) is 0 Å². The molecule has 0 radical (unpaired) electrons. The Balaban J connectivity index is 4.87. The molecule has 0 aliphatic carbocycles. The van der Waals surface area contributed by atoms with Crippen LogP contribution < -0.4 is 0 Å². The number of ketones is 1. The van der Waals surface area contributed by atoms with Crippen LogP contribution >= 0.6 is 0 Å². The topological polar surface area (TPSA) is 149 Å². The largest absolute Gasteiger partial charge is 0.481 e. The summed E-state index contributed by atoms with van der Waals surface area (Å²) in [5.41, 5.74) is 0. The van der Waals surface area contributed by atoms with Crippen LogP contribution in [0.4, 0.5) is 0 Å². The number of carbonyl (C=O) groups excluding carboxylic acids is 1. The van der Waals surface area contributed by atoms with E-state index in [0.29, 0.717) is 0 Å². The second-order valence-electron chi connectivity index (χ2n) is 2.66. The van der Waals surface area contributed by atoms with Crippen molar-refractivity contribution in [3.8, 4) is 0 Å². The minimum atomic E-state index is -2.34. The van der Waals surface area contributed by atoms with Crippen LogP contribution in [0.1, 0.15) is 6.42 Å². The Morgan fingerprint density at radius 3 is 1.73 bits per heavy atom. The monoisotopic (exact) mass is 220 g/mol. The molecule has 0 bridgehead atoms. The van der Waals surface area contributed by atoms with E-state index in [0.717, 1.165) is 0 Å². The average molecular weight is 220 g/mol. The average Bonchev–Trinajstić information content (AvgIpc) is 2.11. The summed E-state index contributed by atoms with van der Waals surface area (Å²) in [6, 6.07) is 0. The first-order chi connectivity index (χ1) is 6.77. The zero-order valence-electron chi connectivity index (χ0n) is 7.28. The summed E-state index contributed by atoms with van der Waals surface area (Å²) in [4.78, 5) is 41.5. The number of aliphatic hydroxyl groups is 1. The third-order valence-corrected chi connectivity index (χ3v) is 1.58. The van der Waals surface area contributed by atoms with Crippen molar-refractivity contribution < 1.29 is 39.6 Å². The first-order valence-corrected chi connectivity index (χ1v) is 3.67. The molecule has 0 saturated carbocycles. The van der Waals surface area contributed by atoms with Crippen molar-refractivity contribution in [3.63, 3.8) is 0 Å². The molecular formula is C7H8O8. The van der Waals surface area contributed by atoms with Crippen LogP contribution in [-0.2, 0) is 19.2 Å². The summed E-state index contributed by atoms with van der Waals surface area (Å²) in [6.45, 7) is 0. The number of carbonyl (C=O) groups is 4. The lowest BCUT2D eigenvalue weighted by Crippen LogP contribution is -2.39. The minimum absolute atomic E-state index is 1.06. The summed E-state index contributed by atoms with van der Waals surface area (Å²) in [7, 11) is 0. The van der Waals surface area contributed by atoms with Crippen LogP contribution in [0.3, 0.4) is 0 Å². The van der Waals surface area contributed by atoms with Gasteiger partial charge < -0.3 is 20.4 Å². The molecule has 0 aromatic carbocycles. The van der Waals surface area contributed by atoms with Gasteiger partial charge in [0.05, 0.1) is 12.3 Å². The van der Waals surface area contributed by atoms with E-state index in [9.17, 15) is 19.2 Å². The van der Waals surface area contributed by atoms with Gasteiger partial charge in [-0.25, -0.2) is 9.59 Å². The van der Waals surface area contributed by atoms with Crippen molar-refractivity contribution in [2.24, 2.45) is 5.92 Å². The summed E-state index contributed by atoms with van der Waals surface area (Å²) in [5, 5.41) is 33.8. The maximum Gasteiger partial charge on any atom is 0.372 e. The predicted molar refractivity (Wildman–Crippen MR) is 42.0 cm³/mol.